The highest BCUT2D eigenvalue weighted by atomic mass is 16.2. The van der Waals surface area contributed by atoms with Crippen LogP contribution in [0.4, 0.5) is 0 Å². The number of aliphatic imine (C=N–C) groups is 1. The van der Waals surface area contributed by atoms with Gasteiger partial charge in [0.25, 0.3) is 0 Å². The molecule has 2 aliphatic rings. The van der Waals surface area contributed by atoms with E-state index in [-0.39, 0.29) is 70.0 Å². The zero-order valence-corrected chi connectivity index (χ0v) is 35.7. The smallest absolute Gasteiger partial charge is 0.245 e. The van der Waals surface area contributed by atoms with Gasteiger partial charge in [0.05, 0.1) is 0 Å². The number of benzene rings is 2. The van der Waals surface area contributed by atoms with E-state index in [1.54, 1.807) is 6.20 Å². The zero-order chi connectivity index (χ0) is 44.8. The van der Waals surface area contributed by atoms with Gasteiger partial charge in [-0.15, -0.1) is 0 Å². The van der Waals surface area contributed by atoms with E-state index < -0.39 is 77.6 Å². The number of fused-ring (bicyclic) bond motifs is 2. The molecule has 0 bridgehead atoms. The number of nitrogens with one attached hydrogen (secondary N) is 7. The molecule has 11 N–H and O–H groups in total. The molecule has 1 aromatic heterocycles. The van der Waals surface area contributed by atoms with Crippen LogP contribution < -0.4 is 43.4 Å². The molecule has 0 radical (unpaired) electrons. The average Bonchev–Trinajstić information content (AvgIpc) is 3.89. The van der Waals surface area contributed by atoms with Crippen molar-refractivity contribution >= 4 is 58.2 Å². The van der Waals surface area contributed by atoms with Crippen molar-refractivity contribution in [2.24, 2.45) is 22.4 Å². The minimum absolute atomic E-state index is 0.0588. The van der Waals surface area contributed by atoms with Crippen LogP contribution in [-0.2, 0) is 46.4 Å². The van der Waals surface area contributed by atoms with E-state index in [4.69, 9.17) is 11.5 Å². The van der Waals surface area contributed by atoms with Crippen LogP contribution in [0.1, 0.15) is 76.8 Å². The summed E-state index contributed by atoms with van der Waals surface area (Å²) >= 11 is 0. The average molecular weight is 856 g/mol. The van der Waals surface area contributed by atoms with E-state index in [1.807, 2.05) is 68.4 Å². The lowest BCUT2D eigenvalue weighted by atomic mass is 9.99. The first-order valence-electron chi connectivity index (χ1n) is 21.4. The topological polar surface area (TPSA) is 275 Å². The Hall–Kier alpha value is -6.46. The maximum Gasteiger partial charge on any atom is 0.245 e. The summed E-state index contributed by atoms with van der Waals surface area (Å²) in [7, 11) is 0. The van der Waals surface area contributed by atoms with E-state index in [0.29, 0.717) is 19.3 Å². The largest absolute Gasteiger partial charge is 0.370 e. The molecule has 62 heavy (non-hydrogen) atoms. The summed E-state index contributed by atoms with van der Waals surface area (Å²) in [6.07, 6.45) is 3.82. The second-order valence-electron chi connectivity index (χ2n) is 16.5. The van der Waals surface area contributed by atoms with Gasteiger partial charge >= 0.3 is 0 Å². The van der Waals surface area contributed by atoms with Gasteiger partial charge in [-0.25, -0.2) is 0 Å². The van der Waals surface area contributed by atoms with Crippen molar-refractivity contribution in [1.29, 1.82) is 0 Å². The SMILES string of the molecule is CC(=O)N[C@@H](Cc1ccccc1)C(=O)N[C@H]1CCCNC(=O)[C@H](CCCN=C(N)N)NC(=O)[C@H](Cc2c[nH]c3ccccc23)NC(=O)[C@H](CC(C)C)NC(=O)[C@@H]2CCCN2C1=O. The molecule has 7 amide bonds. The van der Waals surface area contributed by atoms with Gasteiger partial charge < -0.3 is 53.3 Å². The molecular weight excluding hydrogens is 795 g/mol. The van der Waals surface area contributed by atoms with Crippen molar-refractivity contribution in [3.05, 3.63) is 71.9 Å². The minimum Gasteiger partial charge on any atom is -0.370 e. The Labute approximate surface area is 361 Å². The standard InChI is InChI=1S/C44H61N11O7/c1-26(2)22-34-39(58)53-36(24-29-25-49-31-15-8-7-14-30(29)31)41(60)51-32(16-9-20-48-44(45)46)38(57)47-19-10-17-33(43(62)55-21-11-18-37(55)42(61)54-34)52-40(59)35(50-27(3)56)23-28-12-5-4-6-13-28/h4-8,12-15,25-26,32-37,49H,9-11,16-24H2,1-3H3,(H,47,57)(H,50,56)(H,51,60)(H,52,59)(H,53,58)(H,54,61)(H4,45,46,48)/t32-,33-,34-,35-,36-,37-/m0/s1. The number of amides is 7. The fourth-order valence-corrected chi connectivity index (χ4v) is 8.00. The predicted octanol–water partition coefficient (Wildman–Crippen LogP) is 0.398. The van der Waals surface area contributed by atoms with Gasteiger partial charge in [0.2, 0.25) is 41.4 Å². The number of rotatable bonds is 13. The number of nitrogens with zero attached hydrogens (tertiary/aromatic N) is 2. The van der Waals surface area contributed by atoms with Crippen LogP contribution in [0.5, 0.6) is 0 Å². The molecule has 2 saturated heterocycles. The Balaban J connectivity index is 1.46. The van der Waals surface area contributed by atoms with Crippen molar-refractivity contribution in [3.8, 4) is 0 Å². The molecule has 0 aliphatic carbocycles. The van der Waals surface area contributed by atoms with Crippen LogP contribution >= 0.6 is 0 Å². The third-order valence-corrected chi connectivity index (χ3v) is 11.0. The van der Waals surface area contributed by atoms with Crippen molar-refractivity contribution < 1.29 is 33.6 Å². The van der Waals surface area contributed by atoms with Crippen LogP contribution in [0.2, 0.25) is 0 Å². The summed E-state index contributed by atoms with van der Waals surface area (Å²) < 4.78 is 0. The van der Waals surface area contributed by atoms with Crippen LogP contribution in [-0.4, -0.2) is 113 Å². The van der Waals surface area contributed by atoms with Crippen LogP contribution in [0.3, 0.4) is 0 Å². The lowest BCUT2D eigenvalue weighted by Gasteiger charge is -2.31. The molecule has 18 nitrogen and oxygen atoms in total. The summed E-state index contributed by atoms with van der Waals surface area (Å²) in [5.41, 5.74) is 13.4. The van der Waals surface area contributed by atoms with Crippen molar-refractivity contribution in [2.75, 3.05) is 19.6 Å². The normalized spacial score (nSPS) is 22.3. The molecule has 3 heterocycles. The molecule has 2 fully saturated rings. The lowest BCUT2D eigenvalue weighted by molar-refractivity contribution is -0.142. The van der Waals surface area contributed by atoms with Gasteiger partial charge in [-0.1, -0.05) is 62.4 Å². The molecule has 3 aromatic rings. The van der Waals surface area contributed by atoms with Gasteiger partial charge in [0.15, 0.2) is 5.96 Å². The van der Waals surface area contributed by atoms with E-state index in [0.717, 1.165) is 22.0 Å². The first-order chi connectivity index (χ1) is 29.7. The molecule has 0 spiro atoms. The molecule has 2 aromatic carbocycles. The van der Waals surface area contributed by atoms with Gasteiger partial charge in [0.1, 0.15) is 36.3 Å². The first-order valence-corrected chi connectivity index (χ1v) is 21.4. The molecule has 0 saturated carbocycles. The highest BCUT2D eigenvalue weighted by Gasteiger charge is 2.40. The fraction of sp³-hybridized carbons (Fsp3) is 0.500. The zero-order valence-electron chi connectivity index (χ0n) is 35.7. The number of nitrogens with two attached hydrogens (primary N) is 2. The Morgan fingerprint density at radius 1 is 0.855 bits per heavy atom. The Morgan fingerprint density at radius 3 is 2.27 bits per heavy atom. The van der Waals surface area contributed by atoms with E-state index in [2.05, 4.69) is 41.9 Å². The van der Waals surface area contributed by atoms with E-state index in [1.165, 1.54) is 11.8 Å². The molecule has 0 unspecified atom stereocenters. The minimum atomic E-state index is -1.16. The van der Waals surface area contributed by atoms with Gasteiger partial charge in [0, 0.05) is 56.5 Å². The number of carbonyl (C=O) groups is 7. The highest BCUT2D eigenvalue weighted by Crippen LogP contribution is 2.22. The maximum absolute atomic E-state index is 14.5. The second kappa shape index (κ2) is 22.4. The number of H-pyrrole nitrogens is 1. The molecule has 334 valence electrons. The number of aromatic amines is 1. The second-order valence-corrected chi connectivity index (χ2v) is 16.5. The third kappa shape index (κ3) is 13.3. The van der Waals surface area contributed by atoms with E-state index in [9.17, 15) is 33.6 Å². The monoisotopic (exact) mass is 855 g/mol. The highest BCUT2D eigenvalue weighted by molar-refractivity contribution is 5.98. The molecule has 18 heteroatoms. The number of aromatic nitrogens is 1. The van der Waals surface area contributed by atoms with Crippen molar-refractivity contribution in [3.63, 3.8) is 0 Å². The van der Waals surface area contributed by atoms with Crippen LogP contribution in [0.25, 0.3) is 10.9 Å². The Bertz CT molecular complexity index is 2080. The number of hydrogen-bond donors (Lipinski definition) is 9. The number of carbonyl (C=O) groups excluding carboxylic acids is 7. The van der Waals surface area contributed by atoms with E-state index >= 15 is 0 Å². The van der Waals surface area contributed by atoms with Crippen LogP contribution in [0, 0.1) is 5.92 Å². The number of para-hydroxylation sites is 1. The summed E-state index contributed by atoms with van der Waals surface area (Å²) in [6, 6.07) is 10.3. The predicted molar refractivity (Wildman–Crippen MR) is 234 cm³/mol. The maximum atomic E-state index is 14.5. The number of hydrogen-bond acceptors (Lipinski definition) is 8. The van der Waals surface area contributed by atoms with Gasteiger partial charge in [-0.3, -0.25) is 38.6 Å². The Kier molecular flexibility index (Phi) is 16.8. The summed E-state index contributed by atoms with van der Waals surface area (Å²) in [5.74, 6) is -3.96. The molecular formula is C44H61N11O7. The van der Waals surface area contributed by atoms with Gasteiger partial charge in [-0.05, 0) is 68.1 Å². The summed E-state index contributed by atoms with van der Waals surface area (Å²) in [4.78, 5) is 106. The van der Waals surface area contributed by atoms with Gasteiger partial charge in [-0.2, -0.15) is 0 Å². The molecule has 5 rings (SSSR count). The van der Waals surface area contributed by atoms with Crippen molar-refractivity contribution in [1.82, 2.24) is 41.8 Å². The van der Waals surface area contributed by atoms with Crippen molar-refractivity contribution in [2.45, 2.75) is 115 Å². The third-order valence-electron chi connectivity index (χ3n) is 11.0. The fourth-order valence-electron chi connectivity index (χ4n) is 8.00. The molecule has 6 atom stereocenters. The lowest BCUT2D eigenvalue weighted by Crippen LogP contribution is -2.60. The summed E-state index contributed by atoms with van der Waals surface area (Å²) in [6.45, 7) is 5.59. The quantitative estimate of drug-likeness (QED) is 0.0653. The van der Waals surface area contributed by atoms with Crippen LogP contribution in [0.15, 0.2) is 65.8 Å². The molecule has 2 aliphatic heterocycles. The summed E-state index contributed by atoms with van der Waals surface area (Å²) in [5, 5.41) is 17.9. The Morgan fingerprint density at radius 2 is 1.55 bits per heavy atom. The number of guanidine groups is 1. The first kappa shape index (κ1) is 46.6.